The molecule has 0 radical (unpaired) electrons. The molecule has 0 spiro atoms. The molecular weight excluding hydrogens is 296 g/mol. The third-order valence-electron chi connectivity index (χ3n) is 2.92. The Morgan fingerprint density at radius 2 is 1.81 bits per heavy atom. The van der Waals surface area contributed by atoms with Gasteiger partial charge in [-0.2, -0.15) is 0 Å². The summed E-state index contributed by atoms with van der Waals surface area (Å²) in [6.45, 7) is 3.73. The third-order valence-corrected chi connectivity index (χ3v) is 3.21. The van der Waals surface area contributed by atoms with Crippen molar-refractivity contribution in [3.8, 4) is 11.5 Å². The number of rotatable bonds is 5. The summed E-state index contributed by atoms with van der Waals surface area (Å²) in [5.41, 5.74) is 0.308. The van der Waals surface area contributed by atoms with Gasteiger partial charge >= 0.3 is 11.8 Å². The molecule has 1 rings (SSSR count). The summed E-state index contributed by atoms with van der Waals surface area (Å²) in [5, 5.41) is 5.40. The zero-order chi connectivity index (χ0) is 16.0. The molecule has 0 fully saturated rings. The van der Waals surface area contributed by atoms with Crippen LogP contribution < -0.4 is 20.1 Å². The fraction of sp³-hybridized carbons (Fsp3) is 0.429. The predicted molar refractivity (Wildman–Crippen MR) is 81.1 cm³/mol. The van der Waals surface area contributed by atoms with Crippen molar-refractivity contribution < 1.29 is 19.1 Å². The minimum Gasteiger partial charge on any atom is -0.495 e. The highest BCUT2D eigenvalue weighted by atomic mass is 35.5. The highest BCUT2D eigenvalue weighted by molar-refractivity contribution is 6.40. The number of anilines is 1. The summed E-state index contributed by atoms with van der Waals surface area (Å²) in [5.74, 6) is -0.779. The zero-order valence-corrected chi connectivity index (χ0v) is 13.2. The lowest BCUT2D eigenvalue weighted by atomic mass is 10.2. The number of benzene rings is 1. The number of nitrogens with one attached hydrogen (secondary N) is 2. The van der Waals surface area contributed by atoms with Crippen LogP contribution in [0.1, 0.15) is 20.3 Å². The average Bonchev–Trinajstić information content (AvgIpc) is 2.47. The minimum absolute atomic E-state index is 0.0788. The van der Waals surface area contributed by atoms with Crippen LogP contribution >= 0.6 is 11.6 Å². The van der Waals surface area contributed by atoms with Crippen molar-refractivity contribution in [1.82, 2.24) is 5.32 Å². The van der Waals surface area contributed by atoms with Crippen molar-refractivity contribution in [1.29, 1.82) is 0 Å². The third kappa shape index (κ3) is 4.53. The van der Waals surface area contributed by atoms with Gasteiger partial charge in [0.15, 0.2) is 0 Å². The molecule has 0 aromatic heterocycles. The summed E-state index contributed by atoms with van der Waals surface area (Å²) in [6, 6.07) is 2.92. The van der Waals surface area contributed by atoms with Gasteiger partial charge in [-0.15, -0.1) is 0 Å². The van der Waals surface area contributed by atoms with Gasteiger partial charge in [0.2, 0.25) is 0 Å². The average molecular weight is 315 g/mol. The molecule has 1 aromatic rings. The number of carbonyl (C=O) groups excluding carboxylic acids is 2. The van der Waals surface area contributed by atoms with Crippen LogP contribution in [0.2, 0.25) is 5.02 Å². The molecule has 0 aliphatic heterocycles. The number of halogens is 1. The number of carbonyl (C=O) groups is 2. The van der Waals surface area contributed by atoms with Gasteiger partial charge in [-0.25, -0.2) is 0 Å². The van der Waals surface area contributed by atoms with Crippen molar-refractivity contribution in [2.45, 2.75) is 26.3 Å². The van der Waals surface area contributed by atoms with Gasteiger partial charge < -0.3 is 20.1 Å². The Morgan fingerprint density at radius 1 is 1.19 bits per heavy atom. The molecule has 7 heteroatoms. The quantitative estimate of drug-likeness (QED) is 0.817. The van der Waals surface area contributed by atoms with E-state index in [0.717, 1.165) is 6.42 Å². The SMILES string of the molecule is CCC(C)NC(=O)C(=O)Nc1cc(OC)c(Cl)cc1OC. The lowest BCUT2D eigenvalue weighted by Crippen LogP contribution is -2.40. The molecule has 116 valence electrons. The molecule has 1 aromatic carbocycles. The maximum atomic E-state index is 11.9. The number of hydrogen-bond donors (Lipinski definition) is 2. The summed E-state index contributed by atoms with van der Waals surface area (Å²) >= 11 is 5.97. The molecule has 0 aliphatic rings. The molecule has 0 bridgehead atoms. The summed E-state index contributed by atoms with van der Waals surface area (Å²) in [6.07, 6.45) is 0.733. The van der Waals surface area contributed by atoms with Crippen LogP contribution in [0.15, 0.2) is 12.1 Å². The summed E-state index contributed by atoms with van der Waals surface area (Å²) in [4.78, 5) is 23.6. The Balaban J connectivity index is 2.91. The number of hydrogen-bond acceptors (Lipinski definition) is 4. The van der Waals surface area contributed by atoms with E-state index < -0.39 is 11.8 Å². The van der Waals surface area contributed by atoms with Crippen molar-refractivity contribution in [3.63, 3.8) is 0 Å². The molecule has 1 unspecified atom stereocenters. The van der Waals surface area contributed by atoms with Gasteiger partial charge in [-0.05, 0) is 13.3 Å². The van der Waals surface area contributed by atoms with E-state index in [2.05, 4.69) is 10.6 Å². The topological polar surface area (TPSA) is 76.7 Å². The molecule has 6 nitrogen and oxygen atoms in total. The van der Waals surface area contributed by atoms with Crippen LogP contribution in [0.3, 0.4) is 0 Å². The Labute approximate surface area is 128 Å². The van der Waals surface area contributed by atoms with Gasteiger partial charge in [0.25, 0.3) is 0 Å². The Morgan fingerprint density at radius 3 is 2.33 bits per heavy atom. The fourth-order valence-electron chi connectivity index (χ4n) is 1.53. The highest BCUT2D eigenvalue weighted by Crippen LogP contribution is 2.35. The number of amides is 2. The molecule has 2 N–H and O–H groups in total. The molecule has 0 heterocycles. The van der Waals surface area contributed by atoms with E-state index in [1.54, 1.807) is 0 Å². The lowest BCUT2D eigenvalue weighted by Gasteiger charge is -2.14. The van der Waals surface area contributed by atoms with Gasteiger partial charge in [0.1, 0.15) is 11.5 Å². The predicted octanol–water partition coefficient (Wildman–Crippen LogP) is 2.21. The van der Waals surface area contributed by atoms with E-state index in [-0.39, 0.29) is 6.04 Å². The van der Waals surface area contributed by atoms with Crippen LogP contribution in [0, 0.1) is 0 Å². The minimum atomic E-state index is -0.780. The van der Waals surface area contributed by atoms with Crippen LogP contribution in [0.25, 0.3) is 0 Å². The zero-order valence-electron chi connectivity index (χ0n) is 12.5. The van der Waals surface area contributed by atoms with Gasteiger partial charge in [0.05, 0.1) is 24.9 Å². The largest absolute Gasteiger partial charge is 0.495 e. The van der Waals surface area contributed by atoms with Crippen molar-refractivity contribution in [3.05, 3.63) is 17.2 Å². The maximum absolute atomic E-state index is 11.9. The Hall–Kier alpha value is -1.95. The molecule has 0 aliphatic carbocycles. The van der Waals surface area contributed by atoms with E-state index >= 15 is 0 Å². The maximum Gasteiger partial charge on any atom is 0.313 e. The van der Waals surface area contributed by atoms with Crippen molar-refractivity contribution in [2.24, 2.45) is 0 Å². The fourth-order valence-corrected chi connectivity index (χ4v) is 1.76. The van der Waals surface area contributed by atoms with E-state index in [1.165, 1.54) is 26.4 Å². The first kappa shape index (κ1) is 17.1. The van der Waals surface area contributed by atoms with Crippen LogP contribution in [0.5, 0.6) is 11.5 Å². The van der Waals surface area contributed by atoms with E-state index in [0.29, 0.717) is 22.2 Å². The monoisotopic (exact) mass is 314 g/mol. The second-order valence-corrected chi connectivity index (χ2v) is 4.83. The van der Waals surface area contributed by atoms with Crippen LogP contribution in [-0.4, -0.2) is 32.1 Å². The van der Waals surface area contributed by atoms with Gasteiger partial charge in [-0.3, -0.25) is 9.59 Å². The molecule has 0 saturated heterocycles. The standard InChI is InChI=1S/C14H19ClN2O4/c1-5-8(2)16-13(18)14(19)17-10-7-11(20-3)9(15)6-12(10)21-4/h6-8H,5H2,1-4H3,(H,16,18)(H,17,19). The van der Waals surface area contributed by atoms with E-state index in [4.69, 9.17) is 21.1 Å². The van der Waals surface area contributed by atoms with Gasteiger partial charge in [-0.1, -0.05) is 18.5 Å². The number of ether oxygens (including phenoxy) is 2. The van der Waals surface area contributed by atoms with Crippen LogP contribution in [0.4, 0.5) is 5.69 Å². The second kappa shape index (κ2) is 7.73. The van der Waals surface area contributed by atoms with Crippen LogP contribution in [-0.2, 0) is 9.59 Å². The van der Waals surface area contributed by atoms with E-state index in [9.17, 15) is 9.59 Å². The molecule has 2 amide bonds. The smallest absolute Gasteiger partial charge is 0.313 e. The molecule has 0 saturated carbocycles. The Kier molecular flexibility index (Phi) is 6.30. The molecule has 21 heavy (non-hydrogen) atoms. The van der Waals surface area contributed by atoms with Crippen molar-refractivity contribution in [2.75, 3.05) is 19.5 Å². The summed E-state index contributed by atoms with van der Waals surface area (Å²) in [7, 11) is 2.89. The Bertz CT molecular complexity index is 534. The number of methoxy groups -OCH3 is 2. The first-order chi connectivity index (χ1) is 9.92. The van der Waals surface area contributed by atoms with Crippen molar-refractivity contribution >= 4 is 29.1 Å². The normalized spacial score (nSPS) is 11.5. The first-order valence-corrected chi connectivity index (χ1v) is 6.84. The first-order valence-electron chi connectivity index (χ1n) is 6.46. The molecule has 1 atom stereocenters. The lowest BCUT2D eigenvalue weighted by molar-refractivity contribution is -0.136. The summed E-state index contributed by atoms with van der Waals surface area (Å²) < 4.78 is 10.2. The second-order valence-electron chi connectivity index (χ2n) is 4.42. The molecular formula is C14H19ClN2O4. The highest BCUT2D eigenvalue weighted by Gasteiger charge is 2.18. The van der Waals surface area contributed by atoms with Gasteiger partial charge in [0, 0.05) is 18.2 Å². The van der Waals surface area contributed by atoms with E-state index in [1.807, 2.05) is 13.8 Å².